The van der Waals surface area contributed by atoms with E-state index in [4.69, 9.17) is 9.47 Å². The molecule has 3 N–H and O–H groups in total. The van der Waals surface area contributed by atoms with Crippen molar-refractivity contribution in [3.63, 3.8) is 0 Å². The molecule has 0 radical (unpaired) electrons. The number of hydrogen-bond acceptors (Lipinski definition) is 10. The van der Waals surface area contributed by atoms with Gasteiger partial charge in [-0.1, -0.05) is 0 Å². The Labute approximate surface area is 170 Å². The van der Waals surface area contributed by atoms with E-state index in [0.29, 0.717) is 41.7 Å². The van der Waals surface area contributed by atoms with Crippen LogP contribution in [0.5, 0.6) is 0 Å². The van der Waals surface area contributed by atoms with E-state index in [1.54, 1.807) is 32.5 Å². The van der Waals surface area contributed by atoms with Gasteiger partial charge in [0, 0.05) is 32.1 Å². The number of ether oxygens (including phenoxy) is 2. The van der Waals surface area contributed by atoms with Gasteiger partial charge >= 0.3 is 5.97 Å². The normalized spacial score (nSPS) is 10.7. The summed E-state index contributed by atoms with van der Waals surface area (Å²) in [6.45, 7) is 2.74. The second-order valence-electron chi connectivity index (χ2n) is 5.74. The summed E-state index contributed by atoms with van der Waals surface area (Å²) in [6.07, 6.45) is 1.45. The van der Waals surface area contributed by atoms with Gasteiger partial charge in [-0.2, -0.15) is 14.0 Å². The van der Waals surface area contributed by atoms with Crippen LogP contribution >= 0.6 is 11.5 Å². The molecule has 3 aromatic rings. The molecule has 0 aliphatic heterocycles. The van der Waals surface area contributed by atoms with Crippen molar-refractivity contribution in [3.05, 3.63) is 28.9 Å². The molecule has 0 unspecified atom stereocenters. The third-order valence-electron chi connectivity index (χ3n) is 3.87. The molecular weight excluding hydrogens is 398 g/mol. The third-order valence-corrected chi connectivity index (χ3v) is 4.49. The van der Waals surface area contributed by atoms with E-state index in [2.05, 4.69) is 30.4 Å². The number of methoxy groups -OCH3 is 1. The summed E-state index contributed by atoms with van der Waals surface area (Å²) in [4.78, 5) is 29.0. The number of nitrogens with one attached hydrogen (secondary N) is 3. The lowest BCUT2D eigenvalue weighted by molar-refractivity contribution is 0.0522. The molecule has 12 heteroatoms. The van der Waals surface area contributed by atoms with Crippen LogP contribution in [0.2, 0.25) is 0 Å². The molecule has 0 saturated carbocycles. The molecule has 3 heterocycles. The number of anilines is 3. The van der Waals surface area contributed by atoms with Gasteiger partial charge in [0.2, 0.25) is 0 Å². The highest BCUT2D eigenvalue weighted by molar-refractivity contribution is 7.04. The first-order valence-electron chi connectivity index (χ1n) is 8.81. The molecule has 0 spiro atoms. The molecule has 0 aromatic carbocycles. The fourth-order valence-electron chi connectivity index (χ4n) is 2.54. The van der Waals surface area contributed by atoms with E-state index in [0.717, 1.165) is 11.5 Å². The Hall–Kier alpha value is -3.25. The highest BCUT2D eigenvalue weighted by atomic mass is 32.1. The third kappa shape index (κ3) is 4.43. The monoisotopic (exact) mass is 419 g/mol. The van der Waals surface area contributed by atoms with E-state index in [-0.39, 0.29) is 18.2 Å². The Morgan fingerprint density at radius 1 is 1.34 bits per heavy atom. The molecular formula is C17H21N7O4S. The number of nitrogens with zero attached hydrogens (tertiary/aromatic N) is 4. The maximum Gasteiger partial charge on any atom is 0.360 e. The van der Waals surface area contributed by atoms with E-state index in [1.165, 1.54) is 10.7 Å². The zero-order valence-corrected chi connectivity index (χ0v) is 17.0. The van der Waals surface area contributed by atoms with Gasteiger partial charge in [-0.25, -0.2) is 9.78 Å². The van der Waals surface area contributed by atoms with Crippen molar-refractivity contribution in [1.29, 1.82) is 0 Å². The second kappa shape index (κ2) is 9.30. The van der Waals surface area contributed by atoms with Gasteiger partial charge in [-0.15, -0.1) is 0 Å². The highest BCUT2D eigenvalue weighted by Gasteiger charge is 2.19. The number of rotatable bonds is 9. The molecule has 0 saturated heterocycles. The summed E-state index contributed by atoms with van der Waals surface area (Å²) in [5.74, 6) is 0.190. The van der Waals surface area contributed by atoms with Gasteiger partial charge < -0.3 is 25.4 Å². The topological polar surface area (TPSA) is 132 Å². The quantitative estimate of drug-likeness (QED) is 0.349. The first kappa shape index (κ1) is 20.5. The number of hydrogen-bond donors (Lipinski definition) is 3. The van der Waals surface area contributed by atoms with Crippen LogP contribution in [-0.4, -0.2) is 64.8 Å². The van der Waals surface area contributed by atoms with Crippen LogP contribution in [0.25, 0.3) is 5.65 Å². The highest BCUT2D eigenvalue weighted by Crippen LogP contribution is 2.25. The summed E-state index contributed by atoms with van der Waals surface area (Å²) in [5.41, 5.74) is 1.32. The van der Waals surface area contributed by atoms with E-state index < -0.39 is 5.97 Å². The number of aromatic nitrogens is 4. The Morgan fingerprint density at radius 2 is 2.17 bits per heavy atom. The van der Waals surface area contributed by atoms with E-state index in [1.807, 2.05) is 0 Å². The minimum Gasteiger partial charge on any atom is -0.461 e. The summed E-state index contributed by atoms with van der Waals surface area (Å²) in [6, 6.07) is 1.71. The van der Waals surface area contributed by atoms with Gasteiger partial charge in [-0.05, 0) is 18.5 Å². The van der Waals surface area contributed by atoms with Crippen molar-refractivity contribution in [3.8, 4) is 0 Å². The van der Waals surface area contributed by atoms with Crippen molar-refractivity contribution >= 4 is 46.4 Å². The zero-order valence-electron chi connectivity index (χ0n) is 16.2. The summed E-state index contributed by atoms with van der Waals surface area (Å²) < 4.78 is 15.6. The van der Waals surface area contributed by atoms with E-state index in [9.17, 15) is 9.59 Å². The van der Waals surface area contributed by atoms with Crippen LogP contribution < -0.4 is 16.0 Å². The van der Waals surface area contributed by atoms with Gasteiger partial charge in [0.1, 0.15) is 17.2 Å². The van der Waals surface area contributed by atoms with E-state index >= 15 is 0 Å². The molecule has 0 aliphatic carbocycles. The van der Waals surface area contributed by atoms with Crippen LogP contribution in [0.1, 0.15) is 27.8 Å². The number of amides is 1. The number of carbonyl (C=O) groups is 2. The number of carbonyl (C=O) groups excluding carboxylic acids is 2. The number of fused-ring (bicyclic) bond motifs is 1. The predicted molar refractivity (Wildman–Crippen MR) is 108 cm³/mol. The van der Waals surface area contributed by atoms with Crippen LogP contribution in [0.3, 0.4) is 0 Å². The zero-order chi connectivity index (χ0) is 20.8. The van der Waals surface area contributed by atoms with Crippen molar-refractivity contribution in [2.45, 2.75) is 6.92 Å². The average Bonchev–Trinajstić information content (AvgIpc) is 3.34. The summed E-state index contributed by atoms with van der Waals surface area (Å²) in [5, 5.41) is 14.8. The number of esters is 1. The van der Waals surface area contributed by atoms with Crippen LogP contribution in [-0.2, 0) is 9.47 Å². The van der Waals surface area contributed by atoms with Crippen molar-refractivity contribution in [2.24, 2.45) is 0 Å². The maximum atomic E-state index is 12.5. The molecule has 154 valence electrons. The lowest BCUT2D eigenvalue weighted by Crippen LogP contribution is -2.27. The van der Waals surface area contributed by atoms with Crippen molar-refractivity contribution < 1.29 is 19.1 Å². The van der Waals surface area contributed by atoms with Crippen molar-refractivity contribution in [1.82, 2.24) is 24.3 Å². The largest absolute Gasteiger partial charge is 0.461 e. The minimum absolute atomic E-state index is 0.176. The standard InChI is InChI=1S/C17H21N7O4S/c1-4-28-17(26)14-11(9-29-23-14)21-12-7-13(18-2)24-15(22-12)10(8-20-24)16(25)19-5-6-27-3/h7-9,18H,4-6H2,1-3H3,(H,19,25)(H,21,22). The lowest BCUT2D eigenvalue weighted by Gasteiger charge is -2.10. The van der Waals surface area contributed by atoms with Gasteiger partial charge in [0.15, 0.2) is 11.3 Å². The summed E-state index contributed by atoms with van der Waals surface area (Å²) >= 11 is 1.12. The lowest BCUT2D eigenvalue weighted by atomic mass is 10.3. The molecule has 0 bridgehead atoms. The molecule has 0 aliphatic rings. The van der Waals surface area contributed by atoms with Gasteiger partial charge in [-0.3, -0.25) is 4.79 Å². The Balaban J connectivity index is 1.93. The Morgan fingerprint density at radius 3 is 2.90 bits per heavy atom. The Bertz CT molecular complexity index is 1020. The molecule has 0 fully saturated rings. The predicted octanol–water partition coefficient (Wildman–Crippen LogP) is 1.52. The molecule has 1 amide bonds. The van der Waals surface area contributed by atoms with Crippen LogP contribution in [0, 0.1) is 0 Å². The minimum atomic E-state index is -0.520. The first-order valence-corrected chi connectivity index (χ1v) is 9.64. The van der Waals surface area contributed by atoms with Crippen LogP contribution in [0.15, 0.2) is 17.6 Å². The molecule has 3 rings (SSSR count). The SMILES string of the molecule is CCOC(=O)c1nscc1Nc1cc(NC)n2ncc(C(=O)NCCOC)c2n1. The van der Waals surface area contributed by atoms with Crippen molar-refractivity contribution in [2.75, 3.05) is 44.5 Å². The average molecular weight is 419 g/mol. The van der Waals surface area contributed by atoms with Gasteiger partial charge in [0.25, 0.3) is 5.91 Å². The first-order chi connectivity index (χ1) is 14.1. The summed E-state index contributed by atoms with van der Waals surface area (Å²) in [7, 11) is 3.29. The van der Waals surface area contributed by atoms with Gasteiger partial charge in [0.05, 0.1) is 25.1 Å². The molecule has 29 heavy (non-hydrogen) atoms. The molecule has 3 aromatic heterocycles. The smallest absolute Gasteiger partial charge is 0.360 e. The Kier molecular flexibility index (Phi) is 6.57. The fourth-order valence-corrected chi connectivity index (χ4v) is 3.14. The second-order valence-corrected chi connectivity index (χ2v) is 6.37. The maximum absolute atomic E-state index is 12.5. The fraction of sp³-hybridized carbons (Fsp3) is 0.353. The molecule has 0 atom stereocenters. The molecule has 11 nitrogen and oxygen atoms in total. The van der Waals surface area contributed by atoms with Crippen LogP contribution in [0.4, 0.5) is 17.3 Å².